The van der Waals surface area contributed by atoms with Gasteiger partial charge in [0.15, 0.2) is 12.1 Å². The number of nitrogens with zero attached hydrogens (tertiary/aromatic N) is 1. The lowest BCUT2D eigenvalue weighted by Gasteiger charge is -2.09. The first-order valence-electron chi connectivity index (χ1n) is 4.34. The molecule has 0 N–H and O–H groups in total. The fourth-order valence-corrected chi connectivity index (χ4v) is 1.45. The van der Waals surface area contributed by atoms with Crippen molar-refractivity contribution >= 4 is 23.7 Å². The van der Waals surface area contributed by atoms with E-state index >= 15 is 0 Å². The van der Waals surface area contributed by atoms with E-state index in [2.05, 4.69) is 0 Å². The normalized spacial score (nSPS) is 9.31. The number of rotatable bonds is 4. The van der Waals surface area contributed by atoms with Crippen LogP contribution in [0.3, 0.4) is 0 Å². The molecule has 0 spiro atoms. The van der Waals surface area contributed by atoms with Crippen LogP contribution in [0.1, 0.15) is 26.3 Å². The standard InChI is InChI=1S/C11H8ClNO3/c1-16-10-3-7(5-13)2-8(6-14)11(10)9(15)4-12/h2-3,6H,4H2,1H3. The molecule has 0 fully saturated rings. The maximum Gasteiger partial charge on any atom is 0.182 e. The Bertz CT molecular complexity index is 477. The number of Topliss-reactive ketones (excluding diaryl/α,β-unsaturated/α-hetero) is 1. The summed E-state index contributed by atoms with van der Waals surface area (Å²) in [5.41, 5.74) is 0.484. The molecule has 0 saturated carbocycles. The van der Waals surface area contributed by atoms with E-state index in [9.17, 15) is 9.59 Å². The van der Waals surface area contributed by atoms with Gasteiger partial charge in [-0.05, 0) is 12.1 Å². The molecule has 16 heavy (non-hydrogen) atoms. The van der Waals surface area contributed by atoms with Crippen LogP contribution in [0.25, 0.3) is 0 Å². The Kier molecular flexibility index (Phi) is 4.03. The zero-order valence-electron chi connectivity index (χ0n) is 8.49. The minimum atomic E-state index is -0.412. The second-order valence-corrected chi connectivity index (χ2v) is 3.20. The number of ether oxygens (including phenoxy) is 1. The molecule has 0 radical (unpaired) electrons. The number of ketones is 1. The van der Waals surface area contributed by atoms with Gasteiger partial charge in [-0.15, -0.1) is 11.6 Å². The zero-order chi connectivity index (χ0) is 12.1. The van der Waals surface area contributed by atoms with E-state index in [1.807, 2.05) is 6.07 Å². The third kappa shape index (κ3) is 2.20. The molecule has 0 aliphatic heterocycles. The molecule has 5 heteroatoms. The number of hydrogen-bond acceptors (Lipinski definition) is 4. The Morgan fingerprint density at radius 2 is 2.31 bits per heavy atom. The molecule has 0 amide bonds. The molecule has 0 saturated heterocycles. The van der Waals surface area contributed by atoms with Gasteiger partial charge in [-0.25, -0.2) is 0 Å². The average molecular weight is 238 g/mol. The van der Waals surface area contributed by atoms with E-state index in [0.717, 1.165) is 0 Å². The fraction of sp³-hybridized carbons (Fsp3) is 0.182. The van der Waals surface area contributed by atoms with Crippen molar-refractivity contribution < 1.29 is 14.3 Å². The third-order valence-electron chi connectivity index (χ3n) is 2.01. The fourth-order valence-electron chi connectivity index (χ4n) is 1.32. The number of nitriles is 1. The van der Waals surface area contributed by atoms with Crippen LogP contribution in [0.15, 0.2) is 12.1 Å². The number of alkyl halides is 1. The average Bonchev–Trinajstić information content (AvgIpc) is 2.35. The molecule has 0 aliphatic rings. The largest absolute Gasteiger partial charge is 0.496 e. The molecular weight excluding hydrogens is 230 g/mol. The van der Waals surface area contributed by atoms with Gasteiger partial charge in [-0.2, -0.15) is 5.26 Å². The topological polar surface area (TPSA) is 67.2 Å². The number of carbonyl (C=O) groups is 2. The predicted molar refractivity (Wildman–Crippen MR) is 58.1 cm³/mol. The highest BCUT2D eigenvalue weighted by atomic mass is 35.5. The zero-order valence-corrected chi connectivity index (χ0v) is 9.25. The van der Waals surface area contributed by atoms with Crippen LogP contribution in [0.5, 0.6) is 5.75 Å². The van der Waals surface area contributed by atoms with Crippen LogP contribution in [-0.4, -0.2) is 25.1 Å². The highest BCUT2D eigenvalue weighted by molar-refractivity contribution is 6.31. The first-order chi connectivity index (χ1) is 7.67. The quantitative estimate of drug-likeness (QED) is 0.455. The van der Waals surface area contributed by atoms with Crippen LogP contribution in [-0.2, 0) is 0 Å². The lowest BCUT2D eigenvalue weighted by atomic mass is 10.0. The Morgan fingerprint density at radius 3 is 2.75 bits per heavy atom. The monoisotopic (exact) mass is 237 g/mol. The van der Waals surface area contributed by atoms with Crippen LogP contribution in [0.4, 0.5) is 0 Å². The number of hydrogen-bond donors (Lipinski definition) is 0. The molecule has 82 valence electrons. The molecule has 0 atom stereocenters. The summed E-state index contributed by atoms with van der Waals surface area (Å²) >= 11 is 5.43. The summed E-state index contributed by atoms with van der Waals surface area (Å²) in [5, 5.41) is 8.73. The first kappa shape index (κ1) is 12.2. The van der Waals surface area contributed by atoms with Gasteiger partial charge in [-0.1, -0.05) is 0 Å². The highest BCUT2D eigenvalue weighted by Gasteiger charge is 2.17. The molecule has 1 rings (SSSR count). The van der Waals surface area contributed by atoms with E-state index in [0.29, 0.717) is 6.29 Å². The van der Waals surface area contributed by atoms with Crippen molar-refractivity contribution in [2.24, 2.45) is 0 Å². The van der Waals surface area contributed by atoms with Gasteiger partial charge in [0.2, 0.25) is 0 Å². The molecule has 0 heterocycles. The maximum absolute atomic E-state index is 11.5. The Balaban J connectivity index is 3.50. The predicted octanol–water partition coefficient (Wildman–Crippen LogP) is 1.80. The molecular formula is C11H8ClNO3. The third-order valence-corrected chi connectivity index (χ3v) is 2.25. The molecule has 0 bridgehead atoms. The molecule has 0 aromatic heterocycles. The van der Waals surface area contributed by atoms with E-state index in [1.165, 1.54) is 19.2 Å². The summed E-state index contributed by atoms with van der Waals surface area (Å²) in [6.07, 6.45) is 0.503. The Hall–Kier alpha value is -1.86. The SMILES string of the molecule is COc1cc(C#N)cc(C=O)c1C(=O)CCl. The Morgan fingerprint density at radius 1 is 1.62 bits per heavy atom. The van der Waals surface area contributed by atoms with Crippen molar-refractivity contribution in [1.29, 1.82) is 5.26 Å². The summed E-state index contributed by atoms with van der Waals surface area (Å²) in [7, 11) is 1.36. The summed E-state index contributed by atoms with van der Waals surface area (Å²) in [6.45, 7) is 0. The molecule has 1 aromatic carbocycles. The number of benzene rings is 1. The smallest absolute Gasteiger partial charge is 0.182 e. The minimum absolute atomic E-state index is 0.113. The van der Waals surface area contributed by atoms with E-state index < -0.39 is 5.78 Å². The number of halogens is 1. The van der Waals surface area contributed by atoms with Crippen LogP contribution in [0, 0.1) is 11.3 Å². The van der Waals surface area contributed by atoms with Crippen LogP contribution < -0.4 is 4.74 Å². The van der Waals surface area contributed by atoms with Gasteiger partial charge in [0.05, 0.1) is 30.2 Å². The van der Waals surface area contributed by atoms with Crippen molar-refractivity contribution in [2.75, 3.05) is 13.0 Å². The van der Waals surface area contributed by atoms with E-state index in [1.54, 1.807) is 0 Å². The van der Waals surface area contributed by atoms with Crippen molar-refractivity contribution in [3.63, 3.8) is 0 Å². The van der Waals surface area contributed by atoms with E-state index in [-0.39, 0.29) is 28.3 Å². The summed E-state index contributed by atoms with van der Waals surface area (Å²) in [6, 6.07) is 4.60. The van der Waals surface area contributed by atoms with Crippen LogP contribution >= 0.6 is 11.6 Å². The molecule has 4 nitrogen and oxygen atoms in total. The summed E-state index contributed by atoms with van der Waals surface area (Å²) in [5.74, 6) is -0.472. The summed E-state index contributed by atoms with van der Waals surface area (Å²) < 4.78 is 4.96. The second-order valence-electron chi connectivity index (χ2n) is 2.93. The number of carbonyl (C=O) groups excluding carboxylic acids is 2. The van der Waals surface area contributed by atoms with Gasteiger partial charge < -0.3 is 4.74 Å². The Labute approximate surface area is 97.4 Å². The molecule has 1 aromatic rings. The minimum Gasteiger partial charge on any atom is -0.496 e. The lowest BCUT2D eigenvalue weighted by Crippen LogP contribution is -2.08. The lowest BCUT2D eigenvalue weighted by molar-refractivity contribution is 0.101. The number of aldehydes is 1. The van der Waals surface area contributed by atoms with E-state index in [4.69, 9.17) is 21.6 Å². The van der Waals surface area contributed by atoms with Gasteiger partial charge in [0.1, 0.15) is 5.75 Å². The highest BCUT2D eigenvalue weighted by Crippen LogP contribution is 2.24. The van der Waals surface area contributed by atoms with Gasteiger partial charge in [0.25, 0.3) is 0 Å². The molecule has 0 aliphatic carbocycles. The van der Waals surface area contributed by atoms with Crippen molar-refractivity contribution in [2.45, 2.75) is 0 Å². The van der Waals surface area contributed by atoms with Gasteiger partial charge in [-0.3, -0.25) is 9.59 Å². The maximum atomic E-state index is 11.5. The van der Waals surface area contributed by atoms with Crippen molar-refractivity contribution in [3.05, 3.63) is 28.8 Å². The second kappa shape index (κ2) is 5.29. The van der Waals surface area contributed by atoms with Crippen molar-refractivity contribution in [3.8, 4) is 11.8 Å². The van der Waals surface area contributed by atoms with Gasteiger partial charge in [0, 0.05) is 5.56 Å². The first-order valence-corrected chi connectivity index (χ1v) is 4.87. The van der Waals surface area contributed by atoms with Crippen LogP contribution in [0.2, 0.25) is 0 Å². The number of methoxy groups -OCH3 is 1. The van der Waals surface area contributed by atoms with Crippen molar-refractivity contribution in [1.82, 2.24) is 0 Å². The van der Waals surface area contributed by atoms with Gasteiger partial charge >= 0.3 is 0 Å². The summed E-state index contributed by atoms with van der Waals surface area (Å²) in [4.78, 5) is 22.3. The molecule has 0 unspecified atom stereocenters.